The predicted molar refractivity (Wildman–Crippen MR) is 96.1 cm³/mol. The van der Waals surface area contributed by atoms with Gasteiger partial charge < -0.3 is 20.1 Å². The number of rotatable bonds is 7. The smallest absolute Gasteiger partial charge is 0.239 e. The van der Waals surface area contributed by atoms with Crippen molar-refractivity contribution < 1.29 is 19.1 Å². The number of amides is 2. The van der Waals surface area contributed by atoms with Crippen LogP contribution in [0.1, 0.15) is 18.4 Å². The molecule has 2 N–H and O–H groups in total. The highest BCUT2D eigenvalue weighted by Crippen LogP contribution is 2.39. The van der Waals surface area contributed by atoms with Crippen LogP contribution in [0.5, 0.6) is 0 Å². The zero-order valence-corrected chi connectivity index (χ0v) is 15.6. The van der Waals surface area contributed by atoms with Crippen molar-refractivity contribution in [2.45, 2.75) is 18.3 Å². The molecule has 6 nitrogen and oxygen atoms in total. The van der Waals surface area contributed by atoms with Crippen molar-refractivity contribution in [3.05, 3.63) is 33.8 Å². The van der Waals surface area contributed by atoms with E-state index in [2.05, 4.69) is 10.6 Å². The van der Waals surface area contributed by atoms with Crippen molar-refractivity contribution in [1.29, 1.82) is 0 Å². The summed E-state index contributed by atoms with van der Waals surface area (Å²) in [7, 11) is 1.55. The maximum absolute atomic E-state index is 12.9. The van der Waals surface area contributed by atoms with Gasteiger partial charge >= 0.3 is 0 Å². The molecule has 2 amide bonds. The molecule has 0 aliphatic carbocycles. The lowest BCUT2D eigenvalue weighted by molar-refractivity contribution is -0.132. The minimum atomic E-state index is -0.827. The third-order valence-corrected chi connectivity index (χ3v) is 4.81. The van der Waals surface area contributed by atoms with Crippen molar-refractivity contribution in [2.24, 2.45) is 0 Å². The van der Waals surface area contributed by atoms with E-state index >= 15 is 0 Å². The molecular formula is C17H22Cl2N2O4. The van der Waals surface area contributed by atoms with Crippen LogP contribution in [0, 0.1) is 0 Å². The summed E-state index contributed by atoms with van der Waals surface area (Å²) in [4.78, 5) is 24.7. The topological polar surface area (TPSA) is 76.7 Å². The molecule has 1 aliphatic rings. The van der Waals surface area contributed by atoms with Gasteiger partial charge in [-0.25, -0.2) is 0 Å². The van der Waals surface area contributed by atoms with E-state index in [0.717, 1.165) is 0 Å². The predicted octanol–water partition coefficient (Wildman–Crippen LogP) is 1.92. The van der Waals surface area contributed by atoms with Crippen molar-refractivity contribution >= 4 is 35.0 Å². The Labute approximate surface area is 157 Å². The standard InChI is InChI=1S/C17H22Cl2N2O4/c1-24-9-6-20-15(22)11-21-16(23)17(4-7-25-8-5-17)13-3-2-12(18)10-14(13)19/h2-3,10H,4-9,11H2,1H3,(H,20,22)(H,21,23). The molecule has 25 heavy (non-hydrogen) atoms. The van der Waals surface area contributed by atoms with E-state index in [4.69, 9.17) is 32.7 Å². The third-order valence-electron chi connectivity index (χ3n) is 4.27. The number of carbonyl (C=O) groups excluding carboxylic acids is 2. The number of benzene rings is 1. The van der Waals surface area contributed by atoms with Gasteiger partial charge in [0.2, 0.25) is 11.8 Å². The fourth-order valence-corrected chi connectivity index (χ4v) is 3.49. The highest BCUT2D eigenvalue weighted by Gasteiger charge is 2.43. The van der Waals surface area contributed by atoms with Gasteiger partial charge in [-0.15, -0.1) is 0 Å². The molecule has 1 aromatic carbocycles. The summed E-state index contributed by atoms with van der Waals surface area (Å²) in [5.74, 6) is -0.503. The van der Waals surface area contributed by atoms with Gasteiger partial charge in [0, 0.05) is 36.9 Å². The molecule has 138 valence electrons. The van der Waals surface area contributed by atoms with E-state index in [-0.39, 0.29) is 18.4 Å². The third kappa shape index (κ3) is 5.07. The Balaban J connectivity index is 2.11. The maximum atomic E-state index is 12.9. The zero-order chi connectivity index (χ0) is 18.3. The molecule has 0 saturated carbocycles. The summed E-state index contributed by atoms with van der Waals surface area (Å²) in [6.07, 6.45) is 0.983. The van der Waals surface area contributed by atoms with E-state index in [9.17, 15) is 9.59 Å². The first-order valence-electron chi connectivity index (χ1n) is 8.07. The molecule has 0 bridgehead atoms. The summed E-state index contributed by atoms with van der Waals surface area (Å²) in [6.45, 7) is 1.61. The molecule has 1 aromatic rings. The molecule has 0 aromatic heterocycles. The highest BCUT2D eigenvalue weighted by molar-refractivity contribution is 6.35. The van der Waals surface area contributed by atoms with Gasteiger partial charge in [0.1, 0.15) is 0 Å². The Kier molecular flexibility index (Phi) is 7.50. The molecule has 1 heterocycles. The lowest BCUT2D eigenvalue weighted by Crippen LogP contribution is -2.50. The SMILES string of the molecule is COCCNC(=O)CNC(=O)C1(c2ccc(Cl)cc2Cl)CCOCC1. The minimum Gasteiger partial charge on any atom is -0.383 e. The molecule has 1 fully saturated rings. The van der Waals surface area contributed by atoms with Crippen LogP contribution in [0.2, 0.25) is 10.0 Å². The Morgan fingerprint density at radius 2 is 1.96 bits per heavy atom. The van der Waals surface area contributed by atoms with Crippen LogP contribution in [0.3, 0.4) is 0 Å². The fourth-order valence-electron chi connectivity index (χ4n) is 2.90. The van der Waals surface area contributed by atoms with Crippen LogP contribution in [0.15, 0.2) is 18.2 Å². The summed E-state index contributed by atoms with van der Waals surface area (Å²) in [5, 5.41) is 6.33. The number of hydrogen-bond donors (Lipinski definition) is 2. The van der Waals surface area contributed by atoms with Crippen LogP contribution in [0.4, 0.5) is 0 Å². The Bertz CT molecular complexity index is 619. The van der Waals surface area contributed by atoms with Crippen LogP contribution in [0.25, 0.3) is 0 Å². The quantitative estimate of drug-likeness (QED) is 0.699. The monoisotopic (exact) mass is 388 g/mol. The Hall–Kier alpha value is -1.34. The Morgan fingerprint density at radius 3 is 2.60 bits per heavy atom. The van der Waals surface area contributed by atoms with E-state index in [0.29, 0.717) is 54.8 Å². The molecule has 1 saturated heterocycles. The van der Waals surface area contributed by atoms with Crippen molar-refractivity contribution in [2.75, 3.05) is 40.0 Å². The van der Waals surface area contributed by atoms with Crippen molar-refractivity contribution in [3.63, 3.8) is 0 Å². The molecule has 0 radical (unpaired) electrons. The number of halogens is 2. The largest absolute Gasteiger partial charge is 0.383 e. The van der Waals surface area contributed by atoms with Crippen LogP contribution < -0.4 is 10.6 Å². The van der Waals surface area contributed by atoms with E-state index in [1.807, 2.05) is 0 Å². The normalized spacial score (nSPS) is 16.3. The molecule has 8 heteroatoms. The van der Waals surface area contributed by atoms with Crippen molar-refractivity contribution in [1.82, 2.24) is 10.6 Å². The second-order valence-electron chi connectivity index (χ2n) is 5.84. The molecule has 0 unspecified atom stereocenters. The fraction of sp³-hybridized carbons (Fsp3) is 0.529. The van der Waals surface area contributed by atoms with Crippen molar-refractivity contribution in [3.8, 4) is 0 Å². The zero-order valence-electron chi connectivity index (χ0n) is 14.1. The molecule has 1 aliphatic heterocycles. The average molecular weight is 389 g/mol. The van der Waals surface area contributed by atoms with Crippen LogP contribution in [-0.4, -0.2) is 51.8 Å². The van der Waals surface area contributed by atoms with Crippen LogP contribution >= 0.6 is 23.2 Å². The van der Waals surface area contributed by atoms with E-state index in [1.54, 1.807) is 25.3 Å². The minimum absolute atomic E-state index is 0.101. The molecular weight excluding hydrogens is 367 g/mol. The first kappa shape index (κ1) is 20.0. The van der Waals surface area contributed by atoms with Gasteiger partial charge in [-0.1, -0.05) is 29.3 Å². The first-order valence-corrected chi connectivity index (χ1v) is 8.82. The summed E-state index contributed by atoms with van der Waals surface area (Å²) >= 11 is 12.3. The van der Waals surface area contributed by atoms with E-state index in [1.165, 1.54) is 0 Å². The van der Waals surface area contributed by atoms with Gasteiger partial charge in [0.05, 0.1) is 18.6 Å². The van der Waals surface area contributed by atoms with Gasteiger partial charge in [0.15, 0.2) is 0 Å². The molecule has 0 spiro atoms. The number of nitrogens with one attached hydrogen (secondary N) is 2. The number of ether oxygens (including phenoxy) is 2. The number of hydrogen-bond acceptors (Lipinski definition) is 4. The summed E-state index contributed by atoms with van der Waals surface area (Å²) in [5.41, 5.74) is -0.119. The lowest BCUT2D eigenvalue weighted by Gasteiger charge is -2.36. The lowest BCUT2D eigenvalue weighted by atomic mass is 9.73. The van der Waals surface area contributed by atoms with Gasteiger partial charge in [-0.2, -0.15) is 0 Å². The summed E-state index contributed by atoms with van der Waals surface area (Å²) < 4.78 is 10.3. The number of methoxy groups -OCH3 is 1. The highest BCUT2D eigenvalue weighted by atomic mass is 35.5. The average Bonchev–Trinajstić information content (AvgIpc) is 2.60. The molecule has 2 rings (SSSR count). The Morgan fingerprint density at radius 1 is 1.24 bits per heavy atom. The summed E-state index contributed by atoms with van der Waals surface area (Å²) in [6, 6.07) is 5.11. The van der Waals surface area contributed by atoms with Crippen LogP contribution in [-0.2, 0) is 24.5 Å². The maximum Gasteiger partial charge on any atom is 0.239 e. The first-order chi connectivity index (χ1) is 12.0. The second kappa shape index (κ2) is 9.38. The second-order valence-corrected chi connectivity index (χ2v) is 6.69. The van der Waals surface area contributed by atoms with Gasteiger partial charge in [-0.3, -0.25) is 9.59 Å². The van der Waals surface area contributed by atoms with Gasteiger partial charge in [-0.05, 0) is 30.5 Å². The molecule has 0 atom stereocenters. The number of carbonyl (C=O) groups is 2. The van der Waals surface area contributed by atoms with Gasteiger partial charge in [0.25, 0.3) is 0 Å². The van der Waals surface area contributed by atoms with E-state index < -0.39 is 5.41 Å².